The first-order valence-electron chi connectivity index (χ1n) is 13.2. The number of rotatable bonds is 5. The summed E-state index contributed by atoms with van der Waals surface area (Å²) in [5.41, 5.74) is 0.111. The molecule has 1 fully saturated rings. The maximum atomic E-state index is 13.4. The highest BCUT2D eigenvalue weighted by Gasteiger charge is 2.67. The molecule has 10 nitrogen and oxygen atoms in total. The normalized spacial score (nSPS) is 17.9. The zero-order chi connectivity index (χ0) is 29.1. The molecule has 4 heterocycles. The molecule has 2 aliphatic rings. The molecule has 6 rings (SSSR count). The van der Waals surface area contributed by atoms with E-state index in [0.29, 0.717) is 35.5 Å². The lowest BCUT2D eigenvalue weighted by Crippen LogP contribution is -2.44. The van der Waals surface area contributed by atoms with Gasteiger partial charge in [0.25, 0.3) is 0 Å². The van der Waals surface area contributed by atoms with E-state index in [1.54, 1.807) is 24.3 Å². The Hall–Kier alpha value is -4.42. The van der Waals surface area contributed by atoms with Crippen LogP contribution in [-0.4, -0.2) is 48.7 Å². The van der Waals surface area contributed by atoms with Crippen LogP contribution in [0.15, 0.2) is 47.4 Å². The van der Waals surface area contributed by atoms with Gasteiger partial charge in [-0.3, -0.25) is 14.7 Å². The van der Waals surface area contributed by atoms with Crippen LogP contribution in [0.5, 0.6) is 11.6 Å². The quantitative estimate of drug-likeness (QED) is 0.323. The molecule has 1 aliphatic carbocycles. The molecule has 1 N–H and O–H groups in total. The average molecular weight is 569 g/mol. The van der Waals surface area contributed by atoms with E-state index in [9.17, 15) is 22.8 Å². The maximum absolute atomic E-state index is 13.4. The van der Waals surface area contributed by atoms with E-state index < -0.39 is 17.6 Å². The van der Waals surface area contributed by atoms with Crippen molar-refractivity contribution in [2.75, 3.05) is 5.32 Å². The Morgan fingerprint density at radius 3 is 2.66 bits per heavy atom. The van der Waals surface area contributed by atoms with Crippen molar-refractivity contribution in [3.8, 4) is 11.6 Å². The number of fused-ring (bicyclic) bond motifs is 2. The van der Waals surface area contributed by atoms with Gasteiger partial charge in [-0.25, -0.2) is 14.8 Å². The molecule has 0 radical (unpaired) electrons. The number of carbonyl (C=O) groups is 2. The van der Waals surface area contributed by atoms with E-state index in [1.807, 2.05) is 25.7 Å². The lowest BCUT2D eigenvalue weighted by molar-refractivity contribution is -0.165. The number of carbonyl (C=O) groups excluding carboxylic acids is 2. The minimum absolute atomic E-state index is 0.0372. The zero-order valence-corrected chi connectivity index (χ0v) is 22.5. The van der Waals surface area contributed by atoms with E-state index in [0.717, 1.165) is 17.3 Å². The topological polar surface area (TPSA) is 115 Å². The minimum Gasteiger partial charge on any atom is -0.439 e. The van der Waals surface area contributed by atoms with Gasteiger partial charge >= 0.3 is 12.2 Å². The second-order valence-electron chi connectivity index (χ2n) is 10.9. The van der Waals surface area contributed by atoms with Crippen molar-refractivity contribution in [1.82, 2.24) is 24.6 Å². The van der Waals surface area contributed by atoms with Crippen LogP contribution >= 0.6 is 0 Å². The molecular formula is C28H27F3N6O4. The Morgan fingerprint density at radius 1 is 1.17 bits per heavy atom. The molecule has 3 aromatic heterocycles. The molecule has 2 amide bonds. The Balaban J connectivity index is 1.18. The number of nitrogens with one attached hydrogen (secondary N) is 1. The molecule has 214 valence electrons. The van der Waals surface area contributed by atoms with Crippen molar-refractivity contribution in [2.45, 2.75) is 64.2 Å². The number of aromatic nitrogens is 4. The molecule has 1 aromatic carbocycles. The van der Waals surface area contributed by atoms with E-state index in [2.05, 4.69) is 20.4 Å². The highest BCUT2D eigenvalue weighted by molar-refractivity contribution is 5.98. The number of hydrogen-bond donors (Lipinski definition) is 1. The van der Waals surface area contributed by atoms with Gasteiger partial charge in [0.1, 0.15) is 17.5 Å². The number of alkyl halides is 3. The highest BCUT2D eigenvalue weighted by Crippen LogP contribution is 2.59. The number of benzene rings is 1. The highest BCUT2D eigenvalue weighted by atomic mass is 19.4. The summed E-state index contributed by atoms with van der Waals surface area (Å²) in [7, 11) is 0. The van der Waals surface area contributed by atoms with Crippen molar-refractivity contribution in [3.05, 3.63) is 59.9 Å². The number of halogens is 3. The summed E-state index contributed by atoms with van der Waals surface area (Å²) in [6.45, 7) is 6.11. The molecule has 0 bridgehead atoms. The lowest BCUT2D eigenvalue weighted by Gasteiger charge is -2.35. The average Bonchev–Trinajstić information content (AvgIpc) is 3.45. The second kappa shape index (κ2) is 9.60. The van der Waals surface area contributed by atoms with Gasteiger partial charge in [-0.05, 0) is 50.5 Å². The van der Waals surface area contributed by atoms with Gasteiger partial charge in [0.2, 0.25) is 11.8 Å². The van der Waals surface area contributed by atoms with Crippen LogP contribution < -0.4 is 10.1 Å². The summed E-state index contributed by atoms with van der Waals surface area (Å²) in [6, 6.07) is 7.33. The van der Waals surface area contributed by atoms with E-state index in [4.69, 9.17) is 9.26 Å². The van der Waals surface area contributed by atoms with Gasteiger partial charge in [0.05, 0.1) is 17.8 Å². The number of amides is 2. The van der Waals surface area contributed by atoms with E-state index in [-0.39, 0.29) is 42.3 Å². The fourth-order valence-electron chi connectivity index (χ4n) is 5.21. The molecular weight excluding hydrogens is 541 g/mol. The Labute approximate surface area is 232 Å². The fraction of sp³-hybridized carbons (Fsp3) is 0.393. The fourth-order valence-corrected chi connectivity index (χ4v) is 5.21. The van der Waals surface area contributed by atoms with Gasteiger partial charge in [0.15, 0.2) is 11.6 Å². The van der Waals surface area contributed by atoms with Crippen LogP contribution in [0.25, 0.3) is 10.9 Å². The summed E-state index contributed by atoms with van der Waals surface area (Å²) in [6.07, 6.45) is -1.08. The Kier molecular flexibility index (Phi) is 6.27. The van der Waals surface area contributed by atoms with Crippen LogP contribution in [-0.2, 0) is 23.2 Å². The van der Waals surface area contributed by atoms with Crippen molar-refractivity contribution in [2.24, 2.45) is 5.92 Å². The summed E-state index contributed by atoms with van der Waals surface area (Å²) in [5.74, 6) is 0.450. The standard InChI is InChI=1S/C28H27F3N6O4/c1-15(2)25(38)37-13-20-19(10-16(37)3)24(33-14-32-20)40-18-4-5-21-17(11-18)6-9-36(21)26(39)34-23-12-22(41-35-23)27(7-8-27)28(29,30)31/h4-6,9,11-12,14-16H,7-8,10,13H2,1-3H3,(H,34,35,39)/t16-/m0/s1. The van der Waals surface area contributed by atoms with E-state index >= 15 is 0 Å². The number of ether oxygens (including phenoxy) is 1. The first-order valence-corrected chi connectivity index (χ1v) is 13.2. The Morgan fingerprint density at radius 2 is 1.95 bits per heavy atom. The van der Waals surface area contributed by atoms with Gasteiger partial charge in [-0.1, -0.05) is 19.0 Å². The molecule has 41 heavy (non-hydrogen) atoms. The minimum atomic E-state index is -4.44. The van der Waals surface area contributed by atoms with Gasteiger partial charge in [-0.15, -0.1) is 0 Å². The summed E-state index contributed by atoms with van der Waals surface area (Å²) in [4.78, 5) is 36.1. The van der Waals surface area contributed by atoms with Gasteiger partial charge in [0, 0.05) is 35.2 Å². The number of anilines is 1. The van der Waals surface area contributed by atoms with Crippen molar-refractivity contribution in [1.29, 1.82) is 0 Å². The molecule has 1 atom stereocenters. The summed E-state index contributed by atoms with van der Waals surface area (Å²) in [5, 5.41) is 6.80. The van der Waals surface area contributed by atoms with Crippen molar-refractivity contribution >= 4 is 28.7 Å². The predicted molar refractivity (Wildman–Crippen MR) is 140 cm³/mol. The third-order valence-corrected chi connectivity index (χ3v) is 7.73. The second-order valence-corrected chi connectivity index (χ2v) is 10.9. The SMILES string of the molecule is CC(C)C(=O)N1Cc2ncnc(Oc3ccc4c(ccn4C(=O)Nc4cc(C5(C(F)(F)F)CC5)on4)c3)c2C[C@@H]1C. The lowest BCUT2D eigenvalue weighted by atomic mass is 9.98. The van der Waals surface area contributed by atoms with Crippen LogP contribution in [0.1, 0.15) is 50.6 Å². The van der Waals surface area contributed by atoms with Gasteiger partial charge in [-0.2, -0.15) is 13.2 Å². The molecule has 1 aliphatic heterocycles. The molecule has 1 saturated carbocycles. The smallest absolute Gasteiger partial charge is 0.401 e. The predicted octanol–water partition coefficient (Wildman–Crippen LogP) is 5.81. The van der Waals surface area contributed by atoms with Crippen LogP contribution in [0, 0.1) is 5.92 Å². The largest absolute Gasteiger partial charge is 0.439 e. The molecule has 13 heteroatoms. The van der Waals surface area contributed by atoms with Crippen molar-refractivity contribution < 1.29 is 32.0 Å². The molecule has 0 spiro atoms. The van der Waals surface area contributed by atoms with Gasteiger partial charge < -0.3 is 14.2 Å². The zero-order valence-electron chi connectivity index (χ0n) is 22.5. The maximum Gasteiger partial charge on any atom is 0.401 e. The molecule has 4 aromatic rings. The van der Waals surface area contributed by atoms with Crippen LogP contribution in [0.4, 0.5) is 23.8 Å². The number of hydrogen-bond acceptors (Lipinski definition) is 7. The first kappa shape index (κ1) is 26.8. The number of nitrogens with zero attached hydrogens (tertiary/aromatic N) is 5. The molecule has 0 unspecified atom stereocenters. The summed E-state index contributed by atoms with van der Waals surface area (Å²) >= 11 is 0. The summed E-state index contributed by atoms with van der Waals surface area (Å²) < 4.78 is 52.5. The first-order chi connectivity index (χ1) is 19.5. The monoisotopic (exact) mass is 568 g/mol. The van der Waals surface area contributed by atoms with Crippen LogP contribution in [0.3, 0.4) is 0 Å². The third-order valence-electron chi connectivity index (χ3n) is 7.73. The Bertz CT molecular complexity index is 1660. The van der Waals surface area contributed by atoms with Crippen LogP contribution in [0.2, 0.25) is 0 Å². The molecule has 0 saturated heterocycles. The third kappa shape index (κ3) is 4.68. The van der Waals surface area contributed by atoms with Crippen molar-refractivity contribution in [3.63, 3.8) is 0 Å². The van der Waals surface area contributed by atoms with E-state index in [1.165, 1.54) is 17.1 Å².